The first kappa shape index (κ1) is 17.9. The summed E-state index contributed by atoms with van der Waals surface area (Å²) in [7, 11) is 0. The lowest BCUT2D eigenvalue weighted by molar-refractivity contribution is -0.124. The van der Waals surface area contributed by atoms with Crippen LogP contribution in [0.5, 0.6) is 0 Å². The van der Waals surface area contributed by atoms with Crippen LogP contribution in [0.4, 0.5) is 0 Å². The first-order valence-corrected chi connectivity index (χ1v) is 9.35. The lowest BCUT2D eigenvalue weighted by Crippen LogP contribution is -2.55. The van der Waals surface area contributed by atoms with Gasteiger partial charge in [0.1, 0.15) is 5.78 Å². The van der Waals surface area contributed by atoms with Gasteiger partial charge in [-0.15, -0.1) is 0 Å². The first-order valence-electron chi connectivity index (χ1n) is 9.35. The summed E-state index contributed by atoms with van der Waals surface area (Å²) in [5.74, 6) is 1.89. The number of Topliss-reactive ketones (excluding diaryl/α,β-unsaturated/α-hetero) is 1. The molecule has 0 aromatic carbocycles. The van der Waals surface area contributed by atoms with Gasteiger partial charge in [-0.3, -0.25) is 9.69 Å². The summed E-state index contributed by atoms with van der Waals surface area (Å²) in [6, 6.07) is 0. The number of carbonyl (C=O) groups excluding carboxylic acids is 1. The van der Waals surface area contributed by atoms with E-state index in [1.54, 1.807) is 0 Å². The van der Waals surface area contributed by atoms with Crippen LogP contribution in [0.1, 0.15) is 72.6 Å². The second-order valence-electron chi connectivity index (χ2n) is 7.85. The normalized spacial score (nSPS) is 32.4. The van der Waals surface area contributed by atoms with Crippen molar-refractivity contribution in [2.24, 2.45) is 11.8 Å². The van der Waals surface area contributed by atoms with Crippen molar-refractivity contribution in [2.75, 3.05) is 19.7 Å². The fourth-order valence-corrected chi connectivity index (χ4v) is 4.69. The number of hydrogen-bond donors (Lipinski definition) is 0. The van der Waals surface area contributed by atoms with E-state index in [4.69, 9.17) is 4.74 Å². The van der Waals surface area contributed by atoms with Gasteiger partial charge in [0.05, 0.1) is 6.10 Å². The highest BCUT2D eigenvalue weighted by molar-refractivity contribution is 5.79. The fraction of sp³-hybridized carbons (Fsp3) is 0.947. The highest BCUT2D eigenvalue weighted by atomic mass is 16.5. The van der Waals surface area contributed by atoms with E-state index < -0.39 is 0 Å². The Balaban J connectivity index is 2.01. The van der Waals surface area contributed by atoms with Crippen LogP contribution >= 0.6 is 0 Å². The van der Waals surface area contributed by atoms with Crippen molar-refractivity contribution in [3.8, 4) is 0 Å². The van der Waals surface area contributed by atoms with Crippen LogP contribution in [0.15, 0.2) is 0 Å². The van der Waals surface area contributed by atoms with Crippen molar-refractivity contribution < 1.29 is 9.53 Å². The van der Waals surface area contributed by atoms with Crippen LogP contribution in [-0.4, -0.2) is 42.0 Å². The summed E-state index contributed by atoms with van der Waals surface area (Å²) in [6.07, 6.45) is 8.30. The molecule has 1 atom stereocenters. The predicted molar refractivity (Wildman–Crippen MR) is 91.0 cm³/mol. The highest BCUT2D eigenvalue weighted by Crippen LogP contribution is 2.43. The molecule has 22 heavy (non-hydrogen) atoms. The number of piperidine rings is 1. The number of rotatable bonds is 6. The minimum Gasteiger partial charge on any atom is -0.379 e. The van der Waals surface area contributed by atoms with Gasteiger partial charge in [-0.1, -0.05) is 13.8 Å². The number of ether oxygens (including phenoxy) is 1. The van der Waals surface area contributed by atoms with E-state index in [-0.39, 0.29) is 0 Å². The number of ketones is 1. The van der Waals surface area contributed by atoms with E-state index in [0.29, 0.717) is 23.3 Å². The largest absolute Gasteiger partial charge is 0.379 e. The topological polar surface area (TPSA) is 29.5 Å². The van der Waals surface area contributed by atoms with Crippen molar-refractivity contribution in [1.82, 2.24) is 4.90 Å². The van der Waals surface area contributed by atoms with Gasteiger partial charge in [-0.05, 0) is 57.8 Å². The molecule has 0 amide bonds. The number of carbonyl (C=O) groups is 1. The van der Waals surface area contributed by atoms with Crippen LogP contribution < -0.4 is 0 Å². The number of likely N-dealkylation sites (tertiary alicyclic amines) is 1. The smallest absolute Gasteiger partial charge is 0.135 e. The molecule has 128 valence electrons. The quantitative estimate of drug-likeness (QED) is 0.741. The Morgan fingerprint density at radius 3 is 2.27 bits per heavy atom. The standard InChI is InChI=1S/C19H35NO2/c1-5-22-16(4)17-6-10-19(11-7-17,14-15(2)3)20-12-8-18(21)9-13-20/h15-17H,5-14H2,1-4H3. The minimum absolute atomic E-state index is 0.345. The zero-order valence-electron chi connectivity index (χ0n) is 15.1. The Bertz CT molecular complexity index is 348. The third kappa shape index (κ3) is 4.32. The van der Waals surface area contributed by atoms with Gasteiger partial charge in [0.2, 0.25) is 0 Å². The van der Waals surface area contributed by atoms with E-state index in [0.717, 1.165) is 38.5 Å². The second kappa shape index (κ2) is 7.92. The van der Waals surface area contributed by atoms with Crippen molar-refractivity contribution in [3.05, 3.63) is 0 Å². The Kier molecular flexibility index (Phi) is 6.46. The zero-order valence-corrected chi connectivity index (χ0v) is 15.1. The van der Waals surface area contributed by atoms with Crippen LogP contribution in [0.2, 0.25) is 0 Å². The molecule has 3 nitrogen and oxygen atoms in total. The average Bonchev–Trinajstić information content (AvgIpc) is 2.48. The molecule has 1 aliphatic carbocycles. The van der Waals surface area contributed by atoms with Gasteiger partial charge < -0.3 is 4.74 Å². The molecule has 1 heterocycles. The molecule has 3 heteroatoms. The van der Waals surface area contributed by atoms with Gasteiger partial charge >= 0.3 is 0 Å². The first-order chi connectivity index (χ1) is 10.5. The molecule has 0 spiro atoms. The highest BCUT2D eigenvalue weighted by Gasteiger charge is 2.42. The van der Waals surface area contributed by atoms with E-state index in [1.165, 1.54) is 32.1 Å². The van der Waals surface area contributed by atoms with Gasteiger partial charge in [0.25, 0.3) is 0 Å². The van der Waals surface area contributed by atoms with Gasteiger partial charge in [0, 0.05) is 38.1 Å². The molecular weight excluding hydrogens is 274 g/mol. The van der Waals surface area contributed by atoms with Gasteiger partial charge in [-0.2, -0.15) is 0 Å². The average molecular weight is 309 g/mol. The molecule has 1 unspecified atom stereocenters. The van der Waals surface area contributed by atoms with Gasteiger partial charge in [-0.25, -0.2) is 0 Å². The summed E-state index contributed by atoms with van der Waals surface area (Å²) in [4.78, 5) is 14.3. The second-order valence-corrected chi connectivity index (χ2v) is 7.85. The molecule has 1 saturated carbocycles. The van der Waals surface area contributed by atoms with E-state index in [9.17, 15) is 4.79 Å². The lowest BCUT2D eigenvalue weighted by Gasteiger charge is -2.51. The Hall–Kier alpha value is -0.410. The minimum atomic E-state index is 0.345. The SMILES string of the molecule is CCOC(C)C1CCC(CC(C)C)(N2CCC(=O)CC2)CC1. The summed E-state index contributed by atoms with van der Waals surface area (Å²) >= 11 is 0. The number of hydrogen-bond acceptors (Lipinski definition) is 3. The molecule has 1 saturated heterocycles. The Labute approximate surface area is 136 Å². The van der Waals surface area contributed by atoms with Crippen molar-refractivity contribution in [3.63, 3.8) is 0 Å². The van der Waals surface area contributed by atoms with E-state index in [1.807, 2.05) is 0 Å². The Morgan fingerprint density at radius 1 is 1.18 bits per heavy atom. The fourth-order valence-electron chi connectivity index (χ4n) is 4.69. The Morgan fingerprint density at radius 2 is 1.77 bits per heavy atom. The molecule has 0 aromatic heterocycles. The van der Waals surface area contributed by atoms with E-state index in [2.05, 4.69) is 32.6 Å². The maximum Gasteiger partial charge on any atom is 0.135 e. The molecular formula is C19H35NO2. The monoisotopic (exact) mass is 309 g/mol. The molecule has 0 bridgehead atoms. The van der Waals surface area contributed by atoms with Crippen LogP contribution in [-0.2, 0) is 9.53 Å². The van der Waals surface area contributed by atoms with Gasteiger partial charge in [0.15, 0.2) is 0 Å². The summed E-state index contributed by atoms with van der Waals surface area (Å²) in [5.41, 5.74) is 0.345. The van der Waals surface area contributed by atoms with Crippen molar-refractivity contribution in [2.45, 2.75) is 84.3 Å². The molecule has 2 fully saturated rings. The van der Waals surface area contributed by atoms with Crippen LogP contribution in [0.25, 0.3) is 0 Å². The molecule has 0 radical (unpaired) electrons. The molecule has 2 rings (SSSR count). The molecule has 0 N–H and O–H groups in total. The number of nitrogens with zero attached hydrogens (tertiary/aromatic N) is 1. The maximum atomic E-state index is 11.6. The van der Waals surface area contributed by atoms with Crippen LogP contribution in [0, 0.1) is 11.8 Å². The molecule has 1 aliphatic heterocycles. The van der Waals surface area contributed by atoms with Crippen molar-refractivity contribution >= 4 is 5.78 Å². The zero-order chi connectivity index (χ0) is 16.2. The third-order valence-electron chi connectivity index (χ3n) is 5.83. The van der Waals surface area contributed by atoms with Crippen molar-refractivity contribution in [1.29, 1.82) is 0 Å². The predicted octanol–water partition coefficient (Wildman–Crippen LogP) is 4.05. The molecule has 2 aliphatic rings. The van der Waals surface area contributed by atoms with E-state index >= 15 is 0 Å². The molecule has 0 aromatic rings. The third-order valence-corrected chi connectivity index (χ3v) is 5.83. The maximum absolute atomic E-state index is 11.6. The lowest BCUT2D eigenvalue weighted by atomic mass is 9.70. The summed E-state index contributed by atoms with van der Waals surface area (Å²) < 4.78 is 5.83. The summed E-state index contributed by atoms with van der Waals surface area (Å²) in [6.45, 7) is 11.8. The summed E-state index contributed by atoms with van der Waals surface area (Å²) in [5, 5.41) is 0. The van der Waals surface area contributed by atoms with Crippen LogP contribution in [0.3, 0.4) is 0 Å².